The van der Waals surface area contributed by atoms with Gasteiger partial charge in [0, 0.05) is 12.1 Å². The van der Waals surface area contributed by atoms with E-state index < -0.39 is 0 Å². The van der Waals surface area contributed by atoms with Crippen molar-refractivity contribution < 1.29 is 4.74 Å². The van der Waals surface area contributed by atoms with Crippen molar-refractivity contribution in [2.24, 2.45) is 0 Å². The standard InChI is InChI=1S/C19H15N3O3S/c23-18-15-11-5-3-6-12-17(11)26-22(19(12)24)9-1-2-10-25-14-8-4-7-13(20-18)16(14)21-15/h3-8H,1-2,9-10H2,(H,20,23). The SMILES string of the molecule is O=c1[nH]c2cccc3c2nc1-c1cccc2c(=O)n(sc12)CCCCO3. The van der Waals surface area contributed by atoms with Gasteiger partial charge in [-0.25, -0.2) is 4.98 Å². The van der Waals surface area contributed by atoms with E-state index in [1.807, 2.05) is 30.3 Å². The zero-order valence-electron chi connectivity index (χ0n) is 13.8. The van der Waals surface area contributed by atoms with Crippen molar-refractivity contribution >= 4 is 32.7 Å². The highest BCUT2D eigenvalue weighted by Crippen LogP contribution is 2.30. The number of aromatic amines is 1. The molecule has 0 radical (unpaired) electrons. The largest absolute Gasteiger partial charge is 0.491 e. The minimum absolute atomic E-state index is 0.0114. The van der Waals surface area contributed by atoms with Crippen LogP contribution < -0.4 is 15.9 Å². The maximum Gasteiger partial charge on any atom is 0.275 e. The quantitative estimate of drug-likeness (QED) is 0.519. The summed E-state index contributed by atoms with van der Waals surface area (Å²) in [5, 5.41) is 0.635. The highest BCUT2D eigenvalue weighted by Gasteiger charge is 2.17. The lowest BCUT2D eigenvalue weighted by Gasteiger charge is -2.10. The number of nitrogens with one attached hydrogen (secondary N) is 1. The van der Waals surface area contributed by atoms with Crippen LogP contribution in [-0.4, -0.2) is 20.5 Å². The smallest absolute Gasteiger partial charge is 0.275 e. The van der Waals surface area contributed by atoms with Gasteiger partial charge in [0.1, 0.15) is 17.0 Å². The lowest BCUT2D eigenvalue weighted by atomic mass is 10.1. The van der Waals surface area contributed by atoms with Crippen LogP contribution in [0.15, 0.2) is 46.0 Å². The third-order valence-corrected chi connectivity index (χ3v) is 5.82. The first kappa shape index (κ1) is 15.3. The number of fused-ring (bicyclic) bond motifs is 3. The Morgan fingerprint density at radius 3 is 2.92 bits per heavy atom. The van der Waals surface area contributed by atoms with Gasteiger partial charge in [-0.1, -0.05) is 29.7 Å². The van der Waals surface area contributed by atoms with Gasteiger partial charge >= 0.3 is 0 Å². The summed E-state index contributed by atoms with van der Waals surface area (Å²) in [6.07, 6.45) is 1.68. The van der Waals surface area contributed by atoms with Gasteiger partial charge < -0.3 is 9.72 Å². The van der Waals surface area contributed by atoms with Crippen LogP contribution in [0.2, 0.25) is 0 Å². The van der Waals surface area contributed by atoms with Crippen LogP contribution >= 0.6 is 11.5 Å². The van der Waals surface area contributed by atoms with E-state index in [-0.39, 0.29) is 11.1 Å². The van der Waals surface area contributed by atoms with E-state index in [1.54, 1.807) is 10.0 Å². The van der Waals surface area contributed by atoms with Crippen molar-refractivity contribution in [3.8, 4) is 17.0 Å². The van der Waals surface area contributed by atoms with Crippen LogP contribution in [0.4, 0.5) is 0 Å². The van der Waals surface area contributed by atoms with Crippen LogP contribution in [0.5, 0.6) is 5.75 Å². The molecule has 0 saturated heterocycles. The Balaban J connectivity index is 1.90. The second-order valence-electron chi connectivity index (χ2n) is 6.30. The zero-order valence-corrected chi connectivity index (χ0v) is 14.6. The molecule has 0 atom stereocenters. The summed E-state index contributed by atoms with van der Waals surface area (Å²) in [6.45, 7) is 1.18. The summed E-state index contributed by atoms with van der Waals surface area (Å²) >= 11 is 1.40. The topological polar surface area (TPSA) is 77.0 Å². The molecule has 3 heterocycles. The number of ether oxygens (including phenoxy) is 1. The number of H-pyrrole nitrogens is 1. The predicted molar refractivity (Wildman–Crippen MR) is 102 cm³/mol. The molecule has 2 aromatic heterocycles. The molecule has 7 heteroatoms. The molecule has 0 aliphatic carbocycles. The molecule has 2 aromatic carbocycles. The van der Waals surface area contributed by atoms with E-state index in [4.69, 9.17) is 4.74 Å². The fourth-order valence-electron chi connectivity index (χ4n) is 3.34. The van der Waals surface area contributed by atoms with Crippen molar-refractivity contribution in [3.05, 3.63) is 57.1 Å². The number of aromatic nitrogens is 3. The second-order valence-corrected chi connectivity index (χ2v) is 7.33. The molecule has 5 rings (SSSR count). The monoisotopic (exact) mass is 365 g/mol. The van der Waals surface area contributed by atoms with Gasteiger partial charge in [-0.3, -0.25) is 13.5 Å². The Labute approximate surface area is 151 Å². The Morgan fingerprint density at radius 1 is 1.12 bits per heavy atom. The number of para-hydroxylation sites is 1. The van der Waals surface area contributed by atoms with E-state index in [9.17, 15) is 9.59 Å². The highest BCUT2D eigenvalue weighted by molar-refractivity contribution is 7.14. The fraction of sp³-hybridized carbons (Fsp3) is 0.211. The van der Waals surface area contributed by atoms with E-state index >= 15 is 0 Å². The summed E-state index contributed by atoms with van der Waals surface area (Å²) in [5.41, 5.74) is 1.98. The minimum Gasteiger partial charge on any atom is -0.491 e. The third kappa shape index (κ3) is 2.28. The molecule has 1 N–H and O–H groups in total. The molecule has 26 heavy (non-hydrogen) atoms. The number of hydrogen-bond acceptors (Lipinski definition) is 5. The van der Waals surface area contributed by atoms with Crippen molar-refractivity contribution in [2.45, 2.75) is 19.4 Å². The maximum absolute atomic E-state index is 12.7. The molecule has 4 aromatic rings. The number of aryl methyl sites for hydroxylation is 1. The molecule has 1 aliphatic heterocycles. The molecule has 0 unspecified atom stereocenters. The highest BCUT2D eigenvalue weighted by atomic mass is 32.1. The average molecular weight is 365 g/mol. The first-order chi connectivity index (χ1) is 12.7. The van der Waals surface area contributed by atoms with Gasteiger partial charge in [0.25, 0.3) is 11.1 Å². The molecule has 6 nitrogen and oxygen atoms in total. The summed E-state index contributed by atoms with van der Waals surface area (Å²) in [6, 6.07) is 11.0. The average Bonchev–Trinajstić information content (AvgIpc) is 2.97. The third-order valence-electron chi connectivity index (χ3n) is 4.63. The van der Waals surface area contributed by atoms with Gasteiger partial charge in [-0.2, -0.15) is 0 Å². The first-order valence-corrected chi connectivity index (χ1v) is 9.29. The molecule has 4 bridgehead atoms. The van der Waals surface area contributed by atoms with Crippen molar-refractivity contribution in [2.75, 3.05) is 6.61 Å². The molecule has 0 amide bonds. The van der Waals surface area contributed by atoms with Crippen LogP contribution in [-0.2, 0) is 6.54 Å². The van der Waals surface area contributed by atoms with E-state index in [0.717, 1.165) is 17.5 Å². The van der Waals surface area contributed by atoms with Crippen molar-refractivity contribution in [1.82, 2.24) is 13.9 Å². The first-order valence-electron chi connectivity index (χ1n) is 8.51. The maximum atomic E-state index is 12.7. The van der Waals surface area contributed by atoms with E-state index in [1.165, 1.54) is 11.5 Å². The van der Waals surface area contributed by atoms with Crippen LogP contribution in [0.3, 0.4) is 0 Å². The van der Waals surface area contributed by atoms with Gasteiger partial charge in [0.2, 0.25) is 0 Å². The van der Waals surface area contributed by atoms with Crippen molar-refractivity contribution in [3.63, 3.8) is 0 Å². The Hall–Kier alpha value is -2.93. The van der Waals surface area contributed by atoms with Crippen LogP contribution in [0.25, 0.3) is 32.4 Å². The Kier molecular flexibility index (Phi) is 3.43. The molecular weight excluding hydrogens is 350 g/mol. The molecule has 1 aliphatic rings. The lowest BCUT2D eigenvalue weighted by Crippen LogP contribution is -2.14. The van der Waals surface area contributed by atoms with Gasteiger partial charge in [0.15, 0.2) is 0 Å². The molecule has 0 spiro atoms. The number of rotatable bonds is 0. The van der Waals surface area contributed by atoms with Gasteiger partial charge in [-0.15, -0.1) is 0 Å². The van der Waals surface area contributed by atoms with Gasteiger partial charge in [0.05, 0.1) is 22.2 Å². The molecule has 130 valence electrons. The lowest BCUT2D eigenvalue weighted by molar-refractivity contribution is 0.306. The molecule has 0 fully saturated rings. The second kappa shape index (κ2) is 5.81. The Bertz CT molecular complexity index is 1270. The molecule has 0 saturated carbocycles. The number of hydrogen-bond donors (Lipinski definition) is 1. The Morgan fingerprint density at radius 2 is 2.00 bits per heavy atom. The zero-order chi connectivity index (χ0) is 17.7. The number of benzene rings is 2. The van der Waals surface area contributed by atoms with Crippen LogP contribution in [0.1, 0.15) is 12.8 Å². The minimum atomic E-state index is -0.274. The van der Waals surface area contributed by atoms with E-state index in [0.29, 0.717) is 46.6 Å². The summed E-state index contributed by atoms with van der Waals surface area (Å²) < 4.78 is 8.45. The molecular formula is C19H15N3O3S. The van der Waals surface area contributed by atoms with E-state index in [2.05, 4.69) is 9.97 Å². The summed E-state index contributed by atoms with van der Waals surface area (Å²) in [7, 11) is 0. The van der Waals surface area contributed by atoms with Crippen LogP contribution in [0, 0.1) is 0 Å². The summed E-state index contributed by atoms with van der Waals surface area (Å²) in [4.78, 5) is 32.9. The fourth-order valence-corrected chi connectivity index (χ4v) is 4.48. The van der Waals surface area contributed by atoms with Gasteiger partial charge in [-0.05, 0) is 31.0 Å². The van der Waals surface area contributed by atoms with Crippen molar-refractivity contribution in [1.29, 1.82) is 0 Å². The number of nitrogens with zero attached hydrogens (tertiary/aromatic N) is 2. The normalized spacial score (nSPS) is 14.2. The predicted octanol–water partition coefficient (Wildman–Crippen LogP) is 3.14. The summed E-state index contributed by atoms with van der Waals surface area (Å²) in [5.74, 6) is 0.662.